The molecule has 11 heteroatoms. The number of morpholine rings is 1. The number of hydrogen-bond acceptors (Lipinski definition) is 5. The van der Waals surface area contributed by atoms with Gasteiger partial charge in [-0.25, -0.2) is 14.0 Å². The lowest BCUT2D eigenvalue weighted by Gasteiger charge is -2.46. The van der Waals surface area contributed by atoms with Crippen molar-refractivity contribution < 1.29 is 41.7 Å². The molecule has 4 rings (SSSR count). The molecule has 3 heterocycles. The van der Waals surface area contributed by atoms with Crippen LogP contribution in [0.25, 0.3) is 10.9 Å². The minimum absolute atomic E-state index is 0.0918. The average molecular weight is 460 g/mol. The molecule has 2 saturated heterocycles. The van der Waals surface area contributed by atoms with Crippen molar-refractivity contribution in [2.24, 2.45) is 0 Å². The largest absolute Gasteiger partial charge is 0.490 e. The molecule has 0 saturated carbocycles. The fourth-order valence-corrected chi connectivity index (χ4v) is 4.04. The molecule has 0 radical (unpaired) electrons. The number of benzene rings is 1. The van der Waals surface area contributed by atoms with Crippen LogP contribution in [0.1, 0.15) is 23.2 Å². The van der Waals surface area contributed by atoms with E-state index in [9.17, 15) is 22.4 Å². The lowest BCUT2D eigenvalue weighted by Crippen LogP contribution is -2.56. The van der Waals surface area contributed by atoms with Gasteiger partial charge < -0.3 is 19.1 Å². The van der Waals surface area contributed by atoms with Crippen LogP contribution in [0, 0.1) is 0 Å². The standard InChI is InChI=1S/C19H23FN2O3.C2HF3O2/c1-21-13-8-15(9-14(21)12-24-11-13)25-19(23)17-10-22(7-6-20)18-5-3-2-4-16(17)18;3-2(4,5)1(6)7/h2-5,10,13-15H,6-9,11-12H2,1H3;(H,6,7)/t13-,14+,15-;. The van der Waals surface area contributed by atoms with Crippen LogP contribution in [0.3, 0.4) is 0 Å². The molecule has 7 nitrogen and oxygen atoms in total. The number of carboxylic acid groups (broad SMARTS) is 1. The van der Waals surface area contributed by atoms with Crippen LogP contribution in [0.4, 0.5) is 17.6 Å². The molecular weight excluding hydrogens is 436 g/mol. The number of likely N-dealkylation sites (N-methyl/N-ethyl adjacent to an activating group) is 1. The fraction of sp³-hybridized carbons (Fsp3) is 0.524. The Morgan fingerprint density at radius 1 is 1.19 bits per heavy atom. The number of aromatic nitrogens is 1. The number of aryl methyl sites for hydroxylation is 1. The first-order valence-corrected chi connectivity index (χ1v) is 10.1. The van der Waals surface area contributed by atoms with E-state index >= 15 is 0 Å². The van der Waals surface area contributed by atoms with Crippen LogP contribution in [-0.4, -0.2) is 77.8 Å². The van der Waals surface area contributed by atoms with Crippen LogP contribution in [0.2, 0.25) is 0 Å². The fourth-order valence-electron chi connectivity index (χ4n) is 4.04. The van der Waals surface area contributed by atoms with Crippen molar-refractivity contribution in [3.05, 3.63) is 36.0 Å². The number of para-hydroxylation sites is 1. The monoisotopic (exact) mass is 460 g/mol. The van der Waals surface area contributed by atoms with Gasteiger partial charge in [-0.3, -0.25) is 4.90 Å². The molecule has 0 amide bonds. The number of carboxylic acids is 1. The molecule has 32 heavy (non-hydrogen) atoms. The zero-order valence-corrected chi connectivity index (χ0v) is 17.3. The van der Waals surface area contributed by atoms with Gasteiger partial charge in [0.2, 0.25) is 0 Å². The average Bonchev–Trinajstić information content (AvgIpc) is 3.08. The molecule has 3 atom stereocenters. The van der Waals surface area contributed by atoms with Crippen molar-refractivity contribution in [3.63, 3.8) is 0 Å². The summed E-state index contributed by atoms with van der Waals surface area (Å²) in [6, 6.07) is 8.17. The van der Waals surface area contributed by atoms with Gasteiger partial charge in [0, 0.05) is 42.0 Å². The van der Waals surface area contributed by atoms with Crippen LogP contribution < -0.4 is 0 Å². The highest BCUT2D eigenvalue weighted by Crippen LogP contribution is 2.29. The van der Waals surface area contributed by atoms with E-state index in [1.807, 2.05) is 24.3 Å². The quantitative estimate of drug-likeness (QED) is 0.557. The lowest BCUT2D eigenvalue weighted by atomic mass is 9.92. The molecule has 0 aliphatic carbocycles. The Labute approximate surface area is 181 Å². The third-order valence-corrected chi connectivity index (χ3v) is 5.69. The summed E-state index contributed by atoms with van der Waals surface area (Å²) < 4.78 is 57.8. The third-order valence-electron chi connectivity index (χ3n) is 5.69. The molecule has 0 unspecified atom stereocenters. The molecule has 176 valence electrons. The van der Waals surface area contributed by atoms with Gasteiger partial charge in [0.1, 0.15) is 12.8 Å². The number of fused-ring (bicyclic) bond motifs is 3. The Kier molecular flexibility index (Phi) is 7.40. The normalized spacial score (nSPS) is 23.3. The van der Waals surface area contributed by atoms with Crippen LogP contribution in [0.15, 0.2) is 30.5 Å². The SMILES string of the molecule is CN1[C@@H]2COC[C@H]1C[C@@H](OC(=O)c1cn(CCF)c3ccccc13)C2.O=C(O)C(F)(F)F. The Morgan fingerprint density at radius 3 is 2.34 bits per heavy atom. The van der Waals surface area contributed by atoms with Gasteiger partial charge in [-0.1, -0.05) is 18.2 Å². The van der Waals surface area contributed by atoms with Crippen molar-refractivity contribution in [1.82, 2.24) is 9.47 Å². The van der Waals surface area contributed by atoms with E-state index in [1.54, 1.807) is 10.8 Å². The van der Waals surface area contributed by atoms with Crippen LogP contribution >= 0.6 is 0 Å². The molecule has 2 aliphatic rings. The smallest absolute Gasteiger partial charge is 0.475 e. The number of aliphatic carboxylic acids is 1. The van der Waals surface area contributed by atoms with Gasteiger partial charge in [-0.05, 0) is 13.1 Å². The molecule has 2 fully saturated rings. The zero-order chi connectivity index (χ0) is 23.5. The van der Waals surface area contributed by atoms with Gasteiger partial charge in [-0.2, -0.15) is 13.2 Å². The van der Waals surface area contributed by atoms with Crippen LogP contribution in [0.5, 0.6) is 0 Å². The Bertz CT molecular complexity index is 947. The van der Waals surface area contributed by atoms with E-state index in [1.165, 1.54) is 0 Å². The minimum Gasteiger partial charge on any atom is -0.475 e. The molecule has 0 spiro atoms. The first-order valence-electron chi connectivity index (χ1n) is 10.1. The number of carbonyl (C=O) groups is 2. The Balaban J connectivity index is 0.000000360. The molecular formula is C21H24F4N2O5. The number of esters is 1. The highest BCUT2D eigenvalue weighted by molar-refractivity contribution is 6.04. The lowest BCUT2D eigenvalue weighted by molar-refractivity contribution is -0.192. The van der Waals surface area contributed by atoms with Gasteiger partial charge in [0.05, 0.1) is 25.3 Å². The Morgan fingerprint density at radius 2 is 1.78 bits per heavy atom. The molecule has 2 aliphatic heterocycles. The van der Waals surface area contributed by atoms with Crippen molar-refractivity contribution in [1.29, 1.82) is 0 Å². The second-order valence-corrected chi connectivity index (χ2v) is 7.75. The van der Waals surface area contributed by atoms with Crippen molar-refractivity contribution in [2.45, 2.75) is 43.8 Å². The van der Waals surface area contributed by atoms with Crippen molar-refractivity contribution in [2.75, 3.05) is 26.9 Å². The number of piperidine rings is 1. The summed E-state index contributed by atoms with van der Waals surface area (Å²) in [5, 5.41) is 7.94. The Hall–Kier alpha value is -2.66. The molecule has 2 aromatic rings. The maximum absolute atomic E-state index is 12.8. The van der Waals surface area contributed by atoms with Gasteiger partial charge in [-0.15, -0.1) is 0 Å². The maximum atomic E-state index is 12.8. The summed E-state index contributed by atoms with van der Waals surface area (Å²) >= 11 is 0. The third kappa shape index (κ3) is 5.39. The predicted octanol–water partition coefficient (Wildman–Crippen LogP) is 3.26. The summed E-state index contributed by atoms with van der Waals surface area (Å²) in [7, 11) is 2.11. The number of hydrogen-bond donors (Lipinski definition) is 1. The number of alkyl halides is 4. The summed E-state index contributed by atoms with van der Waals surface area (Å²) in [6.07, 6.45) is -1.87. The zero-order valence-electron chi connectivity index (χ0n) is 17.3. The van der Waals surface area contributed by atoms with Gasteiger partial charge in [0.15, 0.2) is 0 Å². The van der Waals surface area contributed by atoms with Crippen molar-refractivity contribution in [3.8, 4) is 0 Å². The molecule has 1 aromatic carbocycles. The number of ether oxygens (including phenoxy) is 2. The maximum Gasteiger partial charge on any atom is 0.490 e. The number of nitrogens with zero attached hydrogens (tertiary/aromatic N) is 2. The first kappa shape index (κ1) is 24.0. The minimum atomic E-state index is -5.08. The topological polar surface area (TPSA) is 81.0 Å². The first-order chi connectivity index (χ1) is 15.1. The summed E-state index contributed by atoms with van der Waals surface area (Å²) in [6.45, 7) is 1.16. The number of carbonyl (C=O) groups excluding carboxylic acids is 1. The molecule has 2 bridgehead atoms. The van der Waals surface area contributed by atoms with E-state index in [-0.39, 0.29) is 18.6 Å². The summed E-state index contributed by atoms with van der Waals surface area (Å²) in [5.41, 5.74) is 1.38. The van der Waals surface area contributed by atoms with E-state index in [0.29, 0.717) is 30.9 Å². The van der Waals surface area contributed by atoms with E-state index in [0.717, 1.165) is 23.7 Å². The second kappa shape index (κ2) is 9.86. The number of rotatable bonds is 4. The molecule has 1 aromatic heterocycles. The number of halogens is 4. The van der Waals surface area contributed by atoms with Crippen LogP contribution in [-0.2, 0) is 20.8 Å². The molecule has 1 N–H and O–H groups in total. The van der Waals surface area contributed by atoms with Crippen molar-refractivity contribution >= 4 is 22.8 Å². The summed E-state index contributed by atoms with van der Waals surface area (Å²) in [4.78, 5) is 24.0. The predicted molar refractivity (Wildman–Crippen MR) is 106 cm³/mol. The highest BCUT2D eigenvalue weighted by Gasteiger charge is 2.39. The van der Waals surface area contributed by atoms with E-state index < -0.39 is 18.8 Å². The van der Waals surface area contributed by atoms with Gasteiger partial charge >= 0.3 is 18.1 Å². The second-order valence-electron chi connectivity index (χ2n) is 7.75. The van der Waals surface area contributed by atoms with E-state index in [4.69, 9.17) is 19.4 Å². The van der Waals surface area contributed by atoms with E-state index in [2.05, 4.69) is 11.9 Å². The van der Waals surface area contributed by atoms with Gasteiger partial charge in [0.25, 0.3) is 0 Å². The summed E-state index contributed by atoms with van der Waals surface area (Å²) in [5.74, 6) is -3.07. The highest BCUT2D eigenvalue weighted by atomic mass is 19.4.